The lowest BCUT2D eigenvalue weighted by molar-refractivity contribution is -0.151. The number of fused-ring (bicyclic) bond motifs is 1. The first-order chi connectivity index (χ1) is 12.0. The van der Waals surface area contributed by atoms with Crippen molar-refractivity contribution in [2.45, 2.75) is 19.8 Å². The van der Waals surface area contributed by atoms with E-state index in [-0.39, 0.29) is 42.8 Å². The second-order valence-electron chi connectivity index (χ2n) is 6.28. The number of rotatable bonds is 4. The molecular formula is C18H20N2O5. The second kappa shape index (κ2) is 7.04. The van der Waals surface area contributed by atoms with Crippen LogP contribution in [-0.2, 0) is 14.3 Å². The van der Waals surface area contributed by atoms with Crippen LogP contribution < -0.4 is 0 Å². The van der Waals surface area contributed by atoms with Gasteiger partial charge < -0.3 is 9.64 Å². The van der Waals surface area contributed by atoms with Gasteiger partial charge in [0.2, 0.25) is 5.91 Å². The number of benzene rings is 1. The third kappa shape index (κ3) is 3.40. The van der Waals surface area contributed by atoms with Crippen LogP contribution in [0.4, 0.5) is 0 Å². The lowest BCUT2D eigenvalue weighted by atomic mass is 9.98. The van der Waals surface area contributed by atoms with E-state index in [1.54, 1.807) is 29.2 Å². The van der Waals surface area contributed by atoms with Gasteiger partial charge in [0.05, 0.1) is 23.6 Å². The number of imide groups is 1. The summed E-state index contributed by atoms with van der Waals surface area (Å²) < 4.78 is 5.24. The molecule has 0 unspecified atom stereocenters. The van der Waals surface area contributed by atoms with Crippen LogP contribution in [0.2, 0.25) is 0 Å². The van der Waals surface area contributed by atoms with Crippen LogP contribution in [0.25, 0.3) is 0 Å². The normalized spacial score (nSPS) is 19.8. The summed E-state index contributed by atoms with van der Waals surface area (Å²) in [7, 11) is 0. The van der Waals surface area contributed by atoms with Crippen molar-refractivity contribution in [2.24, 2.45) is 5.92 Å². The molecule has 0 saturated carbocycles. The summed E-state index contributed by atoms with van der Waals surface area (Å²) in [4.78, 5) is 50.8. The van der Waals surface area contributed by atoms with Gasteiger partial charge in [-0.3, -0.25) is 24.1 Å². The van der Waals surface area contributed by atoms with Crippen LogP contribution in [0.1, 0.15) is 40.5 Å². The molecule has 1 aromatic rings. The second-order valence-corrected chi connectivity index (χ2v) is 6.28. The fourth-order valence-corrected chi connectivity index (χ4v) is 3.25. The van der Waals surface area contributed by atoms with Gasteiger partial charge in [0.1, 0.15) is 6.61 Å². The SMILES string of the molecule is CC(=O)N1CCC[C@@H](C(=O)OCCN2C(=O)c3ccccc3C2=O)C1. The van der Waals surface area contributed by atoms with Gasteiger partial charge in [-0.05, 0) is 25.0 Å². The predicted octanol–water partition coefficient (Wildman–Crippen LogP) is 1.08. The predicted molar refractivity (Wildman–Crippen MR) is 87.7 cm³/mol. The molecule has 0 N–H and O–H groups in total. The Labute approximate surface area is 145 Å². The van der Waals surface area contributed by atoms with Crippen molar-refractivity contribution in [3.05, 3.63) is 35.4 Å². The van der Waals surface area contributed by atoms with Crippen LogP contribution in [0.5, 0.6) is 0 Å². The molecule has 1 atom stereocenters. The van der Waals surface area contributed by atoms with Crippen molar-refractivity contribution in [3.63, 3.8) is 0 Å². The molecule has 25 heavy (non-hydrogen) atoms. The quantitative estimate of drug-likeness (QED) is 0.603. The molecular weight excluding hydrogens is 324 g/mol. The van der Waals surface area contributed by atoms with Crippen molar-refractivity contribution < 1.29 is 23.9 Å². The molecule has 0 aliphatic carbocycles. The van der Waals surface area contributed by atoms with E-state index in [1.165, 1.54) is 6.92 Å². The summed E-state index contributed by atoms with van der Waals surface area (Å²) in [5, 5.41) is 0. The Bertz CT molecular complexity index is 695. The van der Waals surface area contributed by atoms with E-state index in [1.807, 2.05) is 0 Å². The average molecular weight is 344 g/mol. The van der Waals surface area contributed by atoms with Gasteiger partial charge in [-0.2, -0.15) is 0 Å². The summed E-state index contributed by atoms with van der Waals surface area (Å²) in [6.45, 7) is 2.49. The third-order valence-corrected chi connectivity index (χ3v) is 4.64. The third-order valence-electron chi connectivity index (χ3n) is 4.64. The van der Waals surface area contributed by atoms with Crippen molar-refractivity contribution in [3.8, 4) is 0 Å². The van der Waals surface area contributed by atoms with E-state index in [4.69, 9.17) is 4.74 Å². The van der Waals surface area contributed by atoms with Crippen molar-refractivity contribution in [1.82, 2.24) is 9.80 Å². The fourth-order valence-electron chi connectivity index (χ4n) is 3.25. The summed E-state index contributed by atoms with van der Waals surface area (Å²) in [5.74, 6) is -1.51. The van der Waals surface area contributed by atoms with Crippen molar-refractivity contribution >= 4 is 23.7 Å². The molecule has 1 aromatic carbocycles. The molecule has 2 aliphatic heterocycles. The van der Waals surface area contributed by atoms with Gasteiger partial charge in [-0.1, -0.05) is 12.1 Å². The van der Waals surface area contributed by atoms with Crippen LogP contribution in [0, 0.1) is 5.92 Å². The van der Waals surface area contributed by atoms with Gasteiger partial charge in [-0.15, -0.1) is 0 Å². The Morgan fingerprint density at radius 2 is 1.80 bits per heavy atom. The van der Waals surface area contributed by atoms with Crippen molar-refractivity contribution in [1.29, 1.82) is 0 Å². The van der Waals surface area contributed by atoms with E-state index >= 15 is 0 Å². The Morgan fingerprint density at radius 1 is 1.16 bits per heavy atom. The molecule has 0 bridgehead atoms. The maximum Gasteiger partial charge on any atom is 0.310 e. The number of amides is 3. The number of carbonyl (C=O) groups is 4. The minimum Gasteiger partial charge on any atom is -0.464 e. The van der Waals surface area contributed by atoms with Crippen LogP contribution in [0.3, 0.4) is 0 Å². The van der Waals surface area contributed by atoms with Crippen LogP contribution in [-0.4, -0.2) is 59.7 Å². The molecule has 132 valence electrons. The topological polar surface area (TPSA) is 84.0 Å². The zero-order valence-electron chi connectivity index (χ0n) is 14.1. The van der Waals surface area contributed by atoms with Crippen LogP contribution >= 0.6 is 0 Å². The highest BCUT2D eigenvalue weighted by molar-refractivity contribution is 6.21. The van der Waals surface area contributed by atoms with Gasteiger partial charge >= 0.3 is 5.97 Å². The molecule has 0 spiro atoms. The number of esters is 1. The summed E-state index contributed by atoms with van der Waals surface area (Å²) in [6.07, 6.45) is 1.44. The van der Waals surface area contributed by atoms with Gasteiger partial charge in [0, 0.05) is 20.0 Å². The number of likely N-dealkylation sites (tertiary alicyclic amines) is 1. The average Bonchev–Trinajstić information content (AvgIpc) is 2.87. The maximum atomic E-state index is 12.2. The number of carbonyl (C=O) groups excluding carboxylic acids is 4. The molecule has 2 aliphatic rings. The molecule has 2 heterocycles. The summed E-state index contributed by atoms with van der Waals surface area (Å²) >= 11 is 0. The van der Waals surface area contributed by atoms with E-state index in [0.29, 0.717) is 30.6 Å². The Kier molecular flexibility index (Phi) is 4.83. The molecule has 3 rings (SSSR count). The number of piperidine rings is 1. The van der Waals surface area contributed by atoms with Gasteiger partial charge in [0.25, 0.3) is 11.8 Å². The Morgan fingerprint density at radius 3 is 2.40 bits per heavy atom. The van der Waals surface area contributed by atoms with E-state index in [0.717, 1.165) is 11.3 Å². The van der Waals surface area contributed by atoms with E-state index in [9.17, 15) is 19.2 Å². The van der Waals surface area contributed by atoms with E-state index < -0.39 is 0 Å². The fraction of sp³-hybridized carbons (Fsp3) is 0.444. The molecule has 3 amide bonds. The highest BCUT2D eigenvalue weighted by Crippen LogP contribution is 2.22. The number of nitrogens with zero attached hydrogens (tertiary/aromatic N) is 2. The number of hydrogen-bond acceptors (Lipinski definition) is 5. The minimum atomic E-state index is -0.387. The first-order valence-corrected chi connectivity index (χ1v) is 8.36. The van der Waals surface area contributed by atoms with E-state index in [2.05, 4.69) is 0 Å². The van der Waals surface area contributed by atoms with Crippen molar-refractivity contribution in [2.75, 3.05) is 26.2 Å². The summed E-state index contributed by atoms with van der Waals surface area (Å²) in [6, 6.07) is 6.63. The zero-order valence-corrected chi connectivity index (χ0v) is 14.1. The molecule has 1 saturated heterocycles. The smallest absolute Gasteiger partial charge is 0.310 e. The molecule has 7 heteroatoms. The molecule has 0 aromatic heterocycles. The van der Waals surface area contributed by atoms with Gasteiger partial charge in [-0.25, -0.2) is 0 Å². The molecule has 7 nitrogen and oxygen atoms in total. The first kappa shape index (κ1) is 17.1. The summed E-state index contributed by atoms with van der Waals surface area (Å²) in [5.41, 5.74) is 0.756. The van der Waals surface area contributed by atoms with Gasteiger partial charge in [0.15, 0.2) is 0 Å². The molecule has 0 radical (unpaired) electrons. The highest BCUT2D eigenvalue weighted by Gasteiger charge is 2.35. The Hall–Kier alpha value is -2.70. The number of ether oxygens (including phenoxy) is 1. The highest BCUT2D eigenvalue weighted by atomic mass is 16.5. The lowest BCUT2D eigenvalue weighted by Crippen LogP contribution is -2.42. The first-order valence-electron chi connectivity index (χ1n) is 8.36. The lowest BCUT2D eigenvalue weighted by Gasteiger charge is -2.30. The van der Waals surface area contributed by atoms with Crippen LogP contribution in [0.15, 0.2) is 24.3 Å². The molecule has 1 fully saturated rings. The standard InChI is InChI=1S/C18H20N2O5/c1-12(21)19-8-4-5-13(11-19)18(24)25-10-9-20-16(22)14-6-2-3-7-15(14)17(20)23/h2-3,6-7,13H,4-5,8-11H2,1H3/t13-/m1/s1. The maximum absolute atomic E-state index is 12.2. The Balaban J connectivity index is 1.52. The monoisotopic (exact) mass is 344 g/mol. The number of hydrogen-bond donors (Lipinski definition) is 0. The minimum absolute atomic E-state index is 0.0290. The zero-order chi connectivity index (χ0) is 18.0. The largest absolute Gasteiger partial charge is 0.464 e.